The number of hydrogen-bond acceptors (Lipinski definition) is 1. The number of rotatable bonds is 6. The number of hydrogen-bond donors (Lipinski definition) is 0. The Bertz CT molecular complexity index is 862. The number of methoxy groups -OCH3 is 1. The molecule has 2 aromatic carbocycles. The van der Waals surface area contributed by atoms with Crippen molar-refractivity contribution >= 4 is 23.2 Å². The van der Waals surface area contributed by atoms with E-state index in [4.69, 9.17) is 27.9 Å². The molecule has 0 spiro atoms. The summed E-state index contributed by atoms with van der Waals surface area (Å²) in [6.45, 7) is 5.95. The molecule has 158 valence electrons. The highest BCUT2D eigenvalue weighted by molar-refractivity contribution is 6.49. The van der Waals surface area contributed by atoms with E-state index >= 15 is 0 Å². The van der Waals surface area contributed by atoms with Gasteiger partial charge in [-0.05, 0) is 52.8 Å². The molecule has 0 bridgehead atoms. The zero-order valence-electron chi connectivity index (χ0n) is 16.9. The number of alkyl halides is 5. The molecule has 6 heteroatoms. The van der Waals surface area contributed by atoms with E-state index in [1.807, 2.05) is 44.2 Å². The third-order valence-corrected chi connectivity index (χ3v) is 7.28. The second kappa shape index (κ2) is 7.79. The standard InChI is InChI=1S/C23H25Cl2F3O/c1-14-16(11-8-12-17(14)15-9-6-5-7-10-15)13-18-19(21(18,2)3)20(29-4)22(24,25)23(26,27)28/h5-12,18-20H,13H2,1-4H3. The SMILES string of the molecule is COC(C1C(Cc2cccc(-c3ccccc3)c2C)C1(C)C)C(Cl)(Cl)C(F)(F)F. The van der Waals surface area contributed by atoms with Crippen molar-refractivity contribution in [1.29, 1.82) is 0 Å². The summed E-state index contributed by atoms with van der Waals surface area (Å²) in [5.74, 6) is -0.416. The normalized spacial score (nSPS) is 22.4. The van der Waals surface area contributed by atoms with Crippen LogP contribution in [-0.2, 0) is 11.2 Å². The quantitative estimate of drug-likeness (QED) is 0.427. The van der Waals surface area contributed by atoms with E-state index in [0.717, 1.165) is 22.3 Å². The molecule has 0 heterocycles. The minimum Gasteiger partial charge on any atom is -0.378 e. The molecule has 0 saturated heterocycles. The lowest BCUT2D eigenvalue weighted by Crippen LogP contribution is -2.48. The topological polar surface area (TPSA) is 9.23 Å². The second-order valence-electron chi connectivity index (χ2n) is 8.39. The maximum absolute atomic E-state index is 13.4. The third kappa shape index (κ3) is 4.04. The average molecular weight is 445 g/mol. The maximum Gasteiger partial charge on any atom is 0.424 e. The van der Waals surface area contributed by atoms with Gasteiger partial charge in [0.2, 0.25) is 4.33 Å². The number of halogens is 5. The van der Waals surface area contributed by atoms with Crippen molar-refractivity contribution < 1.29 is 17.9 Å². The van der Waals surface area contributed by atoms with Crippen LogP contribution in [0, 0.1) is 24.2 Å². The summed E-state index contributed by atoms with van der Waals surface area (Å²) in [6.07, 6.45) is -5.46. The van der Waals surface area contributed by atoms with Gasteiger partial charge in [-0.2, -0.15) is 13.2 Å². The van der Waals surface area contributed by atoms with Gasteiger partial charge in [-0.1, -0.05) is 85.6 Å². The van der Waals surface area contributed by atoms with Gasteiger partial charge < -0.3 is 4.74 Å². The van der Waals surface area contributed by atoms with Crippen molar-refractivity contribution in [3.05, 3.63) is 59.7 Å². The first kappa shape index (κ1) is 22.5. The Morgan fingerprint density at radius 2 is 1.66 bits per heavy atom. The van der Waals surface area contributed by atoms with Crippen LogP contribution in [0.5, 0.6) is 0 Å². The fourth-order valence-electron chi connectivity index (χ4n) is 4.53. The lowest BCUT2D eigenvalue weighted by atomic mass is 9.92. The fraction of sp³-hybridized carbons (Fsp3) is 0.478. The molecule has 3 atom stereocenters. The summed E-state index contributed by atoms with van der Waals surface area (Å²) < 4.78 is 42.5. The van der Waals surface area contributed by atoms with E-state index in [2.05, 4.69) is 25.1 Å². The highest BCUT2D eigenvalue weighted by Crippen LogP contribution is 2.65. The van der Waals surface area contributed by atoms with E-state index in [9.17, 15) is 13.2 Å². The molecule has 0 aliphatic heterocycles. The van der Waals surface area contributed by atoms with Crippen molar-refractivity contribution in [2.45, 2.75) is 43.8 Å². The van der Waals surface area contributed by atoms with Gasteiger partial charge in [-0.3, -0.25) is 0 Å². The van der Waals surface area contributed by atoms with Crippen LogP contribution < -0.4 is 0 Å². The van der Waals surface area contributed by atoms with Crippen LogP contribution in [-0.4, -0.2) is 23.7 Å². The molecule has 29 heavy (non-hydrogen) atoms. The monoisotopic (exact) mass is 444 g/mol. The summed E-state index contributed by atoms with van der Waals surface area (Å²) in [6, 6.07) is 16.1. The van der Waals surface area contributed by atoms with Crippen LogP contribution in [0.1, 0.15) is 25.0 Å². The molecular weight excluding hydrogens is 420 g/mol. The molecule has 0 aromatic heterocycles. The van der Waals surface area contributed by atoms with Crippen LogP contribution in [0.4, 0.5) is 13.2 Å². The number of ether oxygens (including phenoxy) is 1. The maximum atomic E-state index is 13.4. The van der Waals surface area contributed by atoms with Gasteiger partial charge in [0.25, 0.3) is 0 Å². The van der Waals surface area contributed by atoms with Crippen LogP contribution >= 0.6 is 23.2 Å². The van der Waals surface area contributed by atoms with Crippen molar-refractivity contribution in [2.24, 2.45) is 17.3 Å². The molecule has 0 radical (unpaired) electrons. The van der Waals surface area contributed by atoms with E-state index in [1.54, 1.807) is 0 Å². The molecule has 3 rings (SSSR count). The molecule has 1 fully saturated rings. The molecule has 1 saturated carbocycles. The van der Waals surface area contributed by atoms with Crippen LogP contribution in [0.3, 0.4) is 0 Å². The molecule has 1 aliphatic rings. The van der Waals surface area contributed by atoms with Gasteiger partial charge >= 0.3 is 6.18 Å². The Morgan fingerprint density at radius 1 is 1.03 bits per heavy atom. The molecule has 0 N–H and O–H groups in total. The van der Waals surface area contributed by atoms with Crippen LogP contribution in [0.15, 0.2) is 48.5 Å². The predicted octanol–water partition coefficient (Wildman–Crippen LogP) is 7.23. The molecule has 3 unspecified atom stereocenters. The van der Waals surface area contributed by atoms with Crippen molar-refractivity contribution in [1.82, 2.24) is 0 Å². The zero-order valence-corrected chi connectivity index (χ0v) is 18.4. The average Bonchev–Trinajstić information content (AvgIpc) is 3.17. The first-order valence-corrected chi connectivity index (χ1v) is 10.3. The predicted molar refractivity (Wildman–Crippen MR) is 112 cm³/mol. The Kier molecular flexibility index (Phi) is 6.03. The van der Waals surface area contributed by atoms with Gasteiger partial charge in [0.05, 0.1) is 0 Å². The highest BCUT2D eigenvalue weighted by Gasteiger charge is 2.70. The van der Waals surface area contributed by atoms with Gasteiger partial charge in [-0.25, -0.2) is 0 Å². The summed E-state index contributed by atoms with van der Waals surface area (Å²) >= 11 is 11.5. The fourth-order valence-corrected chi connectivity index (χ4v) is 4.98. The van der Waals surface area contributed by atoms with Gasteiger partial charge in [0.1, 0.15) is 6.10 Å². The smallest absolute Gasteiger partial charge is 0.378 e. The molecule has 2 aromatic rings. The van der Waals surface area contributed by atoms with Crippen molar-refractivity contribution in [2.75, 3.05) is 7.11 Å². The summed E-state index contributed by atoms with van der Waals surface area (Å²) in [4.78, 5) is 0. The van der Waals surface area contributed by atoms with E-state index in [-0.39, 0.29) is 11.3 Å². The summed E-state index contributed by atoms with van der Waals surface area (Å²) in [5.41, 5.74) is 4.12. The van der Waals surface area contributed by atoms with E-state index in [1.165, 1.54) is 7.11 Å². The van der Waals surface area contributed by atoms with E-state index < -0.39 is 22.5 Å². The minimum absolute atomic E-state index is 0.0172. The summed E-state index contributed by atoms with van der Waals surface area (Å²) in [7, 11) is 1.24. The highest BCUT2D eigenvalue weighted by atomic mass is 35.5. The Morgan fingerprint density at radius 3 is 2.21 bits per heavy atom. The third-order valence-electron chi connectivity index (χ3n) is 6.43. The molecule has 1 nitrogen and oxygen atoms in total. The lowest BCUT2D eigenvalue weighted by molar-refractivity contribution is -0.169. The molecule has 0 amide bonds. The molecular formula is C23H25Cl2F3O. The second-order valence-corrected chi connectivity index (χ2v) is 9.78. The van der Waals surface area contributed by atoms with Crippen LogP contribution in [0.2, 0.25) is 0 Å². The largest absolute Gasteiger partial charge is 0.424 e. The summed E-state index contributed by atoms with van der Waals surface area (Å²) in [5, 5.41) is 0. The van der Waals surface area contributed by atoms with Gasteiger partial charge in [-0.15, -0.1) is 0 Å². The first-order valence-electron chi connectivity index (χ1n) is 9.54. The van der Waals surface area contributed by atoms with Gasteiger partial charge in [0.15, 0.2) is 0 Å². The first-order chi connectivity index (χ1) is 13.4. The number of benzene rings is 2. The van der Waals surface area contributed by atoms with Gasteiger partial charge in [0, 0.05) is 7.11 Å². The minimum atomic E-state index is -4.77. The zero-order chi connectivity index (χ0) is 21.6. The van der Waals surface area contributed by atoms with Crippen LogP contribution in [0.25, 0.3) is 11.1 Å². The molecule has 1 aliphatic carbocycles. The van der Waals surface area contributed by atoms with Crippen molar-refractivity contribution in [3.8, 4) is 11.1 Å². The lowest BCUT2D eigenvalue weighted by Gasteiger charge is -2.31. The van der Waals surface area contributed by atoms with E-state index in [0.29, 0.717) is 6.42 Å². The Balaban J connectivity index is 1.88. The Labute approximate surface area is 180 Å². The Hall–Kier alpha value is -1.23. The van der Waals surface area contributed by atoms with Crippen molar-refractivity contribution in [3.63, 3.8) is 0 Å².